The van der Waals surface area contributed by atoms with Gasteiger partial charge in [0.1, 0.15) is 0 Å². The quantitative estimate of drug-likeness (QED) is 0.908. The summed E-state index contributed by atoms with van der Waals surface area (Å²) in [5.74, 6) is 0. The normalized spacial score (nSPS) is 10.8. The molecule has 0 radical (unpaired) electrons. The van der Waals surface area contributed by atoms with E-state index in [1.165, 1.54) is 11.1 Å². The van der Waals surface area contributed by atoms with Crippen LogP contribution >= 0.6 is 27.5 Å². The zero-order chi connectivity index (χ0) is 12.3. The number of hydrogen-bond acceptors (Lipinski definition) is 2. The molecule has 0 saturated carbocycles. The third-order valence-electron chi connectivity index (χ3n) is 2.56. The van der Waals surface area contributed by atoms with Gasteiger partial charge in [0.25, 0.3) is 0 Å². The average Bonchev–Trinajstić information content (AvgIpc) is 2.70. The number of aromatic nitrogens is 2. The second-order valence-electron chi connectivity index (χ2n) is 3.87. The number of aromatic amines is 1. The standard InChI is InChI=1S/C12H13BrClN3/c1-8-10(7-16-17-8)6-15-5-9-2-3-11(13)12(14)4-9/h2-4,7,15H,5-6H2,1H3,(H,16,17). The smallest absolute Gasteiger partial charge is 0.0551 e. The first-order valence-corrected chi connectivity index (χ1v) is 6.47. The van der Waals surface area contributed by atoms with E-state index in [0.29, 0.717) is 0 Å². The summed E-state index contributed by atoms with van der Waals surface area (Å²) in [5, 5.41) is 11.0. The van der Waals surface area contributed by atoms with Gasteiger partial charge < -0.3 is 5.32 Å². The Morgan fingerprint density at radius 3 is 2.88 bits per heavy atom. The first-order valence-electron chi connectivity index (χ1n) is 5.30. The van der Waals surface area contributed by atoms with Crippen molar-refractivity contribution in [3.8, 4) is 0 Å². The van der Waals surface area contributed by atoms with Crippen molar-refractivity contribution in [3.05, 3.63) is 50.7 Å². The minimum atomic E-state index is 0.740. The van der Waals surface area contributed by atoms with Gasteiger partial charge >= 0.3 is 0 Å². The van der Waals surface area contributed by atoms with Crippen LogP contribution in [0.2, 0.25) is 5.02 Å². The minimum Gasteiger partial charge on any atom is -0.308 e. The largest absolute Gasteiger partial charge is 0.308 e. The van der Waals surface area contributed by atoms with Gasteiger partial charge in [-0.05, 0) is 40.5 Å². The fraction of sp³-hybridized carbons (Fsp3) is 0.250. The van der Waals surface area contributed by atoms with Crippen molar-refractivity contribution in [2.75, 3.05) is 0 Å². The predicted octanol–water partition coefficient (Wildman–Crippen LogP) is 3.42. The Morgan fingerprint density at radius 1 is 1.41 bits per heavy atom. The molecule has 90 valence electrons. The van der Waals surface area contributed by atoms with Crippen molar-refractivity contribution in [2.45, 2.75) is 20.0 Å². The van der Waals surface area contributed by atoms with Crippen LogP contribution < -0.4 is 5.32 Å². The monoisotopic (exact) mass is 313 g/mol. The molecule has 0 aliphatic rings. The number of halogens is 2. The third kappa shape index (κ3) is 3.31. The molecule has 1 aromatic carbocycles. The SMILES string of the molecule is Cc1[nH]ncc1CNCc1ccc(Br)c(Cl)c1. The first kappa shape index (κ1) is 12.6. The van der Waals surface area contributed by atoms with E-state index in [1.807, 2.05) is 31.3 Å². The molecule has 0 amide bonds. The number of benzene rings is 1. The molecule has 5 heteroatoms. The van der Waals surface area contributed by atoms with Crippen LogP contribution in [-0.4, -0.2) is 10.2 Å². The highest BCUT2D eigenvalue weighted by molar-refractivity contribution is 9.10. The van der Waals surface area contributed by atoms with Crippen LogP contribution in [0.1, 0.15) is 16.8 Å². The molecule has 0 spiro atoms. The molecule has 0 saturated heterocycles. The molecule has 2 aromatic rings. The van der Waals surface area contributed by atoms with E-state index in [2.05, 4.69) is 31.4 Å². The maximum Gasteiger partial charge on any atom is 0.0551 e. The molecule has 17 heavy (non-hydrogen) atoms. The van der Waals surface area contributed by atoms with E-state index in [4.69, 9.17) is 11.6 Å². The van der Waals surface area contributed by atoms with E-state index >= 15 is 0 Å². The van der Waals surface area contributed by atoms with Gasteiger partial charge in [-0.3, -0.25) is 5.10 Å². The van der Waals surface area contributed by atoms with E-state index in [-0.39, 0.29) is 0 Å². The van der Waals surface area contributed by atoms with Gasteiger partial charge in [0, 0.05) is 28.8 Å². The van der Waals surface area contributed by atoms with Gasteiger partial charge in [0.05, 0.1) is 11.2 Å². The Balaban J connectivity index is 1.90. The van der Waals surface area contributed by atoms with Gasteiger partial charge in [0.2, 0.25) is 0 Å². The molecule has 0 atom stereocenters. The van der Waals surface area contributed by atoms with Crippen LogP contribution in [0.15, 0.2) is 28.9 Å². The third-order valence-corrected chi connectivity index (χ3v) is 3.80. The van der Waals surface area contributed by atoms with Crippen molar-refractivity contribution in [3.63, 3.8) is 0 Å². The average molecular weight is 315 g/mol. The fourth-order valence-electron chi connectivity index (χ4n) is 1.54. The van der Waals surface area contributed by atoms with Crippen LogP contribution in [0.5, 0.6) is 0 Å². The van der Waals surface area contributed by atoms with Gasteiger partial charge in [-0.1, -0.05) is 17.7 Å². The summed E-state index contributed by atoms with van der Waals surface area (Å²) in [6, 6.07) is 5.97. The molecule has 0 bridgehead atoms. The summed E-state index contributed by atoms with van der Waals surface area (Å²) in [6.45, 7) is 3.61. The fourth-order valence-corrected chi connectivity index (χ4v) is 1.99. The maximum atomic E-state index is 6.03. The number of hydrogen-bond donors (Lipinski definition) is 2. The van der Waals surface area contributed by atoms with Crippen molar-refractivity contribution in [2.24, 2.45) is 0 Å². The minimum absolute atomic E-state index is 0.740. The Labute approximate surface area is 114 Å². The molecular formula is C12H13BrClN3. The first-order chi connectivity index (χ1) is 8.16. The van der Waals surface area contributed by atoms with Gasteiger partial charge in [0.15, 0.2) is 0 Å². The van der Waals surface area contributed by atoms with Gasteiger partial charge in [-0.15, -0.1) is 0 Å². The summed E-state index contributed by atoms with van der Waals surface area (Å²) < 4.78 is 0.925. The van der Waals surface area contributed by atoms with Crippen molar-refractivity contribution >= 4 is 27.5 Å². The highest BCUT2D eigenvalue weighted by Gasteiger charge is 2.01. The molecule has 0 aliphatic carbocycles. The topological polar surface area (TPSA) is 40.7 Å². The van der Waals surface area contributed by atoms with E-state index in [0.717, 1.165) is 28.3 Å². The highest BCUT2D eigenvalue weighted by Crippen LogP contribution is 2.23. The predicted molar refractivity (Wildman–Crippen MR) is 73.0 cm³/mol. The molecule has 1 aromatic heterocycles. The molecule has 3 nitrogen and oxygen atoms in total. The summed E-state index contributed by atoms with van der Waals surface area (Å²) in [5.41, 5.74) is 3.46. The van der Waals surface area contributed by atoms with Crippen LogP contribution in [-0.2, 0) is 13.1 Å². The van der Waals surface area contributed by atoms with Crippen molar-refractivity contribution in [1.82, 2.24) is 15.5 Å². The molecule has 0 aliphatic heterocycles. The zero-order valence-electron chi connectivity index (χ0n) is 9.43. The van der Waals surface area contributed by atoms with E-state index < -0.39 is 0 Å². The second-order valence-corrected chi connectivity index (χ2v) is 5.13. The van der Waals surface area contributed by atoms with Crippen LogP contribution in [0, 0.1) is 6.92 Å². The second kappa shape index (κ2) is 5.67. The number of aryl methyl sites for hydroxylation is 1. The summed E-state index contributed by atoms with van der Waals surface area (Å²) in [6.07, 6.45) is 1.84. The molecule has 2 N–H and O–H groups in total. The van der Waals surface area contributed by atoms with Crippen molar-refractivity contribution in [1.29, 1.82) is 0 Å². The Morgan fingerprint density at radius 2 is 2.24 bits per heavy atom. The molecule has 0 unspecified atom stereocenters. The van der Waals surface area contributed by atoms with Crippen LogP contribution in [0.3, 0.4) is 0 Å². The zero-order valence-corrected chi connectivity index (χ0v) is 11.8. The summed E-state index contributed by atoms with van der Waals surface area (Å²) >= 11 is 9.40. The van der Waals surface area contributed by atoms with Crippen LogP contribution in [0.25, 0.3) is 0 Å². The lowest BCUT2D eigenvalue weighted by Crippen LogP contribution is -2.12. The molecule has 0 fully saturated rings. The number of nitrogens with zero attached hydrogens (tertiary/aromatic N) is 1. The van der Waals surface area contributed by atoms with E-state index in [9.17, 15) is 0 Å². The van der Waals surface area contributed by atoms with Crippen molar-refractivity contribution < 1.29 is 0 Å². The lowest BCUT2D eigenvalue weighted by atomic mass is 10.2. The Kier molecular flexibility index (Phi) is 4.20. The Hall–Kier alpha value is -0.840. The summed E-state index contributed by atoms with van der Waals surface area (Å²) in [7, 11) is 0. The molecule has 1 heterocycles. The highest BCUT2D eigenvalue weighted by atomic mass is 79.9. The maximum absolute atomic E-state index is 6.03. The lowest BCUT2D eigenvalue weighted by Gasteiger charge is -2.05. The number of nitrogens with one attached hydrogen (secondary N) is 2. The summed E-state index contributed by atoms with van der Waals surface area (Å²) in [4.78, 5) is 0. The molecule has 2 rings (SSSR count). The number of H-pyrrole nitrogens is 1. The Bertz CT molecular complexity index is 510. The van der Waals surface area contributed by atoms with Crippen LogP contribution in [0.4, 0.5) is 0 Å². The van der Waals surface area contributed by atoms with Gasteiger partial charge in [-0.2, -0.15) is 5.10 Å². The molecular weight excluding hydrogens is 302 g/mol. The van der Waals surface area contributed by atoms with Gasteiger partial charge in [-0.25, -0.2) is 0 Å². The lowest BCUT2D eigenvalue weighted by molar-refractivity contribution is 0.691. The van der Waals surface area contributed by atoms with E-state index in [1.54, 1.807) is 0 Å². The number of rotatable bonds is 4.